The van der Waals surface area contributed by atoms with Crippen molar-refractivity contribution in [3.8, 4) is 17.0 Å². The molecule has 10 nitrogen and oxygen atoms in total. The van der Waals surface area contributed by atoms with E-state index in [1.807, 2.05) is 90.1 Å². The quantitative estimate of drug-likeness (QED) is 0.201. The highest BCUT2D eigenvalue weighted by atomic mass is 33.4. The molecule has 0 saturated heterocycles. The van der Waals surface area contributed by atoms with Gasteiger partial charge in [0.15, 0.2) is 0 Å². The van der Waals surface area contributed by atoms with Crippen LogP contribution in [-0.2, 0) is 105 Å². The number of nitrogens with one attached hydrogen (secondary N) is 2. The molecule has 0 fully saturated rings. The highest BCUT2D eigenvalue weighted by Gasteiger charge is 2.24. The van der Waals surface area contributed by atoms with Crippen molar-refractivity contribution >= 4 is 139 Å². The number of nitrogen functional groups attached to an aromatic ring is 1. The van der Waals surface area contributed by atoms with Crippen LogP contribution in [-0.4, -0.2) is 66.7 Å². The fourth-order valence-electron chi connectivity index (χ4n) is 4.42. The van der Waals surface area contributed by atoms with E-state index >= 15 is 0 Å². The first-order valence-electron chi connectivity index (χ1n) is 14.7. The summed E-state index contributed by atoms with van der Waals surface area (Å²) in [6.45, 7) is 7.31. The van der Waals surface area contributed by atoms with Gasteiger partial charge >= 0.3 is 0 Å². The van der Waals surface area contributed by atoms with Crippen molar-refractivity contribution in [3.05, 3.63) is 48.8 Å². The van der Waals surface area contributed by atoms with Gasteiger partial charge in [0.2, 0.25) is 11.9 Å². The Bertz CT molecular complexity index is 2150. The van der Waals surface area contributed by atoms with Crippen LogP contribution in [0.2, 0.25) is 0 Å². The molecule has 1 amide bonds. The molecule has 0 spiro atoms. The number of fused-ring (bicyclic) bond motifs is 1. The van der Waals surface area contributed by atoms with Crippen molar-refractivity contribution in [2.24, 2.45) is 12.5 Å². The van der Waals surface area contributed by atoms with E-state index in [1.165, 1.54) is 17.8 Å². The summed E-state index contributed by atoms with van der Waals surface area (Å²) in [5.41, 5.74) is 11.1. The number of rotatable bonds is 9. The molecular formula is C30H40N8O2S10. The topological polar surface area (TPSA) is 114 Å². The van der Waals surface area contributed by atoms with Gasteiger partial charge in [0.1, 0.15) is 11.4 Å². The normalized spacial score (nSPS) is 10.7. The lowest BCUT2D eigenvalue weighted by atomic mass is 9.95. The average Bonchev–Trinajstić information content (AvgIpc) is 3.41. The lowest BCUT2D eigenvalue weighted by Gasteiger charge is -2.24. The van der Waals surface area contributed by atoms with Gasteiger partial charge in [-0.1, -0.05) is 39.0 Å². The molecule has 2 aromatic heterocycles. The third-order valence-corrected chi connectivity index (χ3v) is 22.5. The SMILES string of the molecule is COc1cc(N(C)CCN(C)C)c(N)cc1Nc1ncc(NC(=O)C(C)(C)C)c(-c2cn(C)c3ccccc23)n1.S=S=S=S=S=S=S=S=S=S. The van der Waals surface area contributed by atoms with E-state index in [4.69, 9.17) is 15.5 Å². The summed E-state index contributed by atoms with van der Waals surface area (Å²) in [5, 5.41) is 7.33. The predicted molar refractivity (Wildman–Crippen MR) is 238 cm³/mol. The van der Waals surface area contributed by atoms with Crippen LogP contribution in [0.25, 0.3) is 22.2 Å². The van der Waals surface area contributed by atoms with Crippen molar-refractivity contribution < 1.29 is 9.53 Å². The predicted octanol–water partition coefficient (Wildman–Crippen LogP) is 4.93. The van der Waals surface area contributed by atoms with Crippen LogP contribution < -0.4 is 26.0 Å². The Balaban J connectivity index is 0.000000588. The number of nitrogens with two attached hydrogens (primary N) is 1. The molecule has 272 valence electrons. The molecule has 0 saturated carbocycles. The average molecular weight is 865 g/mol. The van der Waals surface area contributed by atoms with E-state index in [9.17, 15) is 4.79 Å². The van der Waals surface area contributed by atoms with Crippen LogP contribution in [0.5, 0.6) is 5.75 Å². The molecule has 2 heterocycles. The number of carbonyl (C=O) groups excluding carboxylic acids is 1. The summed E-state index contributed by atoms with van der Waals surface area (Å²) >= 11 is 9.31. The maximum atomic E-state index is 12.9. The van der Waals surface area contributed by atoms with E-state index in [0.717, 1.165) is 35.2 Å². The van der Waals surface area contributed by atoms with Gasteiger partial charge in [0.05, 0.1) is 36.1 Å². The second-order valence-electron chi connectivity index (χ2n) is 11.8. The third kappa shape index (κ3) is 12.5. The molecule has 50 heavy (non-hydrogen) atoms. The number of benzene rings is 2. The lowest BCUT2D eigenvalue weighted by Crippen LogP contribution is -2.29. The Morgan fingerprint density at radius 2 is 1.62 bits per heavy atom. The zero-order valence-corrected chi connectivity index (χ0v) is 36.9. The molecule has 0 bridgehead atoms. The van der Waals surface area contributed by atoms with Crippen molar-refractivity contribution in [1.29, 1.82) is 0 Å². The third-order valence-electron chi connectivity index (χ3n) is 6.95. The molecule has 0 atom stereocenters. The van der Waals surface area contributed by atoms with Crippen molar-refractivity contribution in [3.63, 3.8) is 0 Å². The van der Waals surface area contributed by atoms with Gasteiger partial charge in [-0.25, -0.2) is 9.97 Å². The molecule has 0 aliphatic carbocycles. The molecule has 20 heteroatoms. The molecule has 4 rings (SSSR count). The first-order chi connectivity index (χ1) is 23.8. The number of para-hydroxylation sites is 1. The molecule has 4 N–H and O–H groups in total. The second kappa shape index (κ2) is 20.8. The molecule has 0 radical (unpaired) electrons. The van der Waals surface area contributed by atoms with Gasteiger partial charge in [-0.3, -0.25) is 4.79 Å². The smallest absolute Gasteiger partial charge is 0.229 e. The molecule has 0 aliphatic rings. The van der Waals surface area contributed by atoms with Crippen molar-refractivity contribution in [2.75, 3.05) is 62.6 Å². The van der Waals surface area contributed by atoms with E-state index in [-0.39, 0.29) is 5.91 Å². The van der Waals surface area contributed by atoms with Crippen LogP contribution in [0.15, 0.2) is 48.8 Å². The number of amides is 1. The summed E-state index contributed by atoms with van der Waals surface area (Å²) in [6, 6.07) is 11.8. The summed E-state index contributed by atoms with van der Waals surface area (Å²) < 4.78 is 7.75. The van der Waals surface area contributed by atoms with Crippen LogP contribution in [0.4, 0.5) is 28.7 Å². The first-order valence-corrected chi connectivity index (χ1v) is 26.7. The second-order valence-corrected chi connectivity index (χ2v) is 26.0. The summed E-state index contributed by atoms with van der Waals surface area (Å²) in [7, 11) is 22.4. The monoisotopic (exact) mass is 864 g/mol. The minimum Gasteiger partial charge on any atom is -0.494 e. The van der Waals surface area contributed by atoms with Gasteiger partial charge in [-0.15, -0.1) is 0 Å². The van der Waals surface area contributed by atoms with E-state index in [2.05, 4.69) is 53.9 Å². The van der Waals surface area contributed by atoms with Crippen molar-refractivity contribution in [1.82, 2.24) is 19.4 Å². The number of hydrogen-bond acceptors (Lipinski definition) is 10. The Hall–Kier alpha value is -2.11. The number of carbonyl (C=O) groups is 1. The molecule has 4 aromatic rings. The minimum atomic E-state index is -0.584. The van der Waals surface area contributed by atoms with E-state index in [0.29, 0.717) is 34.5 Å². The van der Waals surface area contributed by atoms with Gasteiger partial charge in [-0.05, 0) is 26.2 Å². The number of anilines is 5. The number of ether oxygens (including phenoxy) is 1. The Kier molecular flexibility index (Phi) is 17.6. The lowest BCUT2D eigenvalue weighted by molar-refractivity contribution is -0.123. The molecule has 0 unspecified atom stereocenters. The summed E-state index contributed by atoms with van der Waals surface area (Å²) in [5.74, 6) is 0.839. The number of methoxy groups -OCH3 is 1. The van der Waals surface area contributed by atoms with Gasteiger partial charge in [0, 0.05) is 155 Å². The minimum absolute atomic E-state index is 0.123. The maximum absolute atomic E-state index is 12.9. The number of hydrogen-bond donors (Lipinski definition) is 3. The fourth-order valence-corrected chi connectivity index (χ4v) is 20.9. The number of likely N-dealkylation sites (N-methyl/N-ethyl adjacent to an activating group) is 2. The maximum Gasteiger partial charge on any atom is 0.229 e. The Labute approximate surface area is 326 Å². The van der Waals surface area contributed by atoms with E-state index < -0.39 is 5.41 Å². The van der Waals surface area contributed by atoms with Crippen LogP contribution in [0.3, 0.4) is 0 Å². The van der Waals surface area contributed by atoms with Gasteiger partial charge < -0.3 is 35.5 Å². The van der Waals surface area contributed by atoms with Crippen LogP contribution >= 0.6 is 0 Å². The number of nitrogens with zero attached hydrogens (tertiary/aromatic N) is 5. The van der Waals surface area contributed by atoms with Gasteiger partial charge in [0.25, 0.3) is 0 Å². The largest absolute Gasteiger partial charge is 0.494 e. The zero-order valence-electron chi connectivity index (χ0n) is 28.7. The highest BCUT2D eigenvalue weighted by Crippen LogP contribution is 2.38. The molecule has 2 aromatic carbocycles. The Morgan fingerprint density at radius 3 is 2.22 bits per heavy atom. The van der Waals surface area contributed by atoms with Crippen molar-refractivity contribution in [2.45, 2.75) is 20.8 Å². The van der Waals surface area contributed by atoms with Crippen LogP contribution in [0.1, 0.15) is 20.8 Å². The molecular weight excluding hydrogens is 825 g/mol. The summed E-state index contributed by atoms with van der Waals surface area (Å²) in [4.78, 5) is 26.6. The number of aryl methyl sites for hydroxylation is 1. The zero-order chi connectivity index (χ0) is 36.8. The van der Waals surface area contributed by atoms with Gasteiger partial charge in [-0.2, -0.15) is 0 Å². The molecule has 0 aliphatic heterocycles. The standard InChI is InChI=1S/C30H40N8O2.S10/c1-30(2,3)28(39)33-23-17-32-29(35-27(23)20-18-38(7)24-12-10-9-11-19(20)24)34-22-15-21(31)25(16-26(22)40-8)37(6)14-13-36(4)5;1-3-5-7-9-10-8-6-4-2/h9-12,15-18H,13-14,31H2,1-8H3,(H,33,39)(H,32,34,35);. The fraction of sp³-hybridized carbons (Fsp3) is 0.367. The van der Waals surface area contributed by atoms with E-state index in [1.54, 1.807) is 66.6 Å². The summed E-state index contributed by atoms with van der Waals surface area (Å²) in [6.07, 6.45) is 3.65. The first kappa shape index (κ1) is 42.3. The highest BCUT2D eigenvalue weighted by molar-refractivity contribution is 8.73. The number of aromatic nitrogens is 3. The Morgan fingerprint density at radius 1 is 0.980 bits per heavy atom. The van der Waals surface area contributed by atoms with Crippen LogP contribution in [0, 0.1) is 5.41 Å².